The van der Waals surface area contributed by atoms with E-state index in [1.54, 1.807) is 0 Å². The first kappa shape index (κ1) is 24.6. The Hall–Kier alpha value is -5.79. The Labute approximate surface area is 262 Å². The molecule has 0 bridgehead atoms. The molecular weight excluding hydrogens is 542 g/mol. The molecule has 0 atom stereocenters. The summed E-state index contributed by atoms with van der Waals surface area (Å²) in [6.45, 7) is 0. The summed E-state index contributed by atoms with van der Waals surface area (Å²) in [6.07, 6.45) is 3.69. The SMILES string of the molecule is c1ccc2c(c1)-c1ccccc1C21c2cc3cc(-c4ccc(-c5ccncc5)cc4)ccc3cc2-c2c1ccc1ccccc21. The Balaban J connectivity index is 1.24. The maximum atomic E-state index is 4.17. The highest BCUT2D eigenvalue weighted by molar-refractivity contribution is 6.08. The molecule has 8 aromatic rings. The van der Waals surface area contributed by atoms with Crippen LogP contribution in [0.3, 0.4) is 0 Å². The van der Waals surface area contributed by atoms with Crippen molar-refractivity contribution in [3.05, 3.63) is 186 Å². The summed E-state index contributed by atoms with van der Waals surface area (Å²) in [7, 11) is 0. The standard InChI is InChI=1S/C44H27N/c1-2-8-35-31(7-1)19-20-41-43(35)38-26-33-18-17-32(29-15-13-28(14-16-29)30-21-23-45-24-22-30)25-34(33)27-42(38)44(41)39-11-5-3-9-36(39)37-10-4-6-12-40(37)44/h1-27H. The molecule has 0 N–H and O–H groups in total. The number of aromatic nitrogens is 1. The van der Waals surface area contributed by atoms with Gasteiger partial charge >= 0.3 is 0 Å². The quantitative estimate of drug-likeness (QED) is 0.202. The van der Waals surface area contributed by atoms with Crippen molar-refractivity contribution < 1.29 is 0 Å². The Morgan fingerprint density at radius 2 is 0.956 bits per heavy atom. The van der Waals surface area contributed by atoms with Crippen LogP contribution in [0.2, 0.25) is 0 Å². The normalized spacial score (nSPS) is 13.5. The lowest BCUT2D eigenvalue weighted by atomic mass is 9.70. The zero-order chi connectivity index (χ0) is 29.5. The number of hydrogen-bond donors (Lipinski definition) is 0. The summed E-state index contributed by atoms with van der Waals surface area (Å²) >= 11 is 0. The molecule has 2 aliphatic rings. The highest BCUT2D eigenvalue weighted by Gasteiger charge is 2.52. The van der Waals surface area contributed by atoms with Crippen molar-refractivity contribution in [2.75, 3.05) is 0 Å². The first-order valence-corrected chi connectivity index (χ1v) is 15.6. The van der Waals surface area contributed by atoms with Gasteiger partial charge in [-0.1, -0.05) is 121 Å². The van der Waals surface area contributed by atoms with E-state index < -0.39 is 0 Å². The molecule has 1 heterocycles. The first-order valence-electron chi connectivity index (χ1n) is 15.6. The molecule has 1 nitrogen and oxygen atoms in total. The second-order valence-electron chi connectivity index (χ2n) is 12.3. The average molecular weight is 570 g/mol. The number of hydrogen-bond acceptors (Lipinski definition) is 1. The van der Waals surface area contributed by atoms with Crippen molar-refractivity contribution in [2.24, 2.45) is 0 Å². The minimum absolute atomic E-state index is 0.363. The summed E-state index contributed by atoms with van der Waals surface area (Å²) in [4.78, 5) is 4.17. The van der Waals surface area contributed by atoms with E-state index in [1.807, 2.05) is 12.4 Å². The van der Waals surface area contributed by atoms with Crippen LogP contribution >= 0.6 is 0 Å². The predicted molar refractivity (Wildman–Crippen MR) is 186 cm³/mol. The number of pyridine rings is 1. The monoisotopic (exact) mass is 569 g/mol. The van der Waals surface area contributed by atoms with Gasteiger partial charge in [0.1, 0.15) is 0 Å². The largest absolute Gasteiger partial charge is 0.265 e. The molecule has 0 radical (unpaired) electrons. The van der Waals surface area contributed by atoms with E-state index in [0.29, 0.717) is 0 Å². The van der Waals surface area contributed by atoms with Crippen molar-refractivity contribution >= 4 is 21.5 Å². The zero-order valence-corrected chi connectivity index (χ0v) is 24.5. The van der Waals surface area contributed by atoms with E-state index in [9.17, 15) is 0 Å². The minimum atomic E-state index is -0.363. The van der Waals surface area contributed by atoms with Crippen LogP contribution < -0.4 is 0 Å². The highest BCUT2D eigenvalue weighted by atomic mass is 14.6. The second kappa shape index (κ2) is 9.11. The van der Waals surface area contributed by atoms with Gasteiger partial charge in [-0.2, -0.15) is 0 Å². The third kappa shape index (κ3) is 3.30. The van der Waals surface area contributed by atoms with Crippen LogP contribution in [0.1, 0.15) is 22.3 Å². The van der Waals surface area contributed by atoms with Gasteiger partial charge in [0.25, 0.3) is 0 Å². The summed E-state index contributed by atoms with van der Waals surface area (Å²) in [6, 6.07) is 56.6. The molecule has 0 aliphatic heterocycles. The van der Waals surface area contributed by atoms with Crippen molar-refractivity contribution in [1.29, 1.82) is 0 Å². The van der Waals surface area contributed by atoms with Crippen LogP contribution in [-0.2, 0) is 5.41 Å². The lowest BCUT2D eigenvalue weighted by molar-refractivity contribution is 0.795. The maximum Gasteiger partial charge on any atom is 0.0725 e. The maximum absolute atomic E-state index is 4.17. The van der Waals surface area contributed by atoms with Gasteiger partial charge in [-0.15, -0.1) is 0 Å². The average Bonchev–Trinajstić information content (AvgIpc) is 3.58. The Morgan fingerprint density at radius 3 is 1.71 bits per heavy atom. The zero-order valence-electron chi connectivity index (χ0n) is 24.5. The van der Waals surface area contributed by atoms with E-state index >= 15 is 0 Å². The number of nitrogens with zero attached hydrogens (tertiary/aromatic N) is 1. The highest BCUT2D eigenvalue weighted by Crippen LogP contribution is 2.64. The lowest BCUT2D eigenvalue weighted by Gasteiger charge is -2.30. The molecule has 0 unspecified atom stereocenters. The smallest absolute Gasteiger partial charge is 0.0725 e. The molecule has 0 saturated carbocycles. The Kier molecular flexibility index (Phi) is 4.99. The Bertz CT molecular complexity index is 2420. The van der Waals surface area contributed by atoms with E-state index in [2.05, 4.69) is 157 Å². The van der Waals surface area contributed by atoms with Crippen LogP contribution in [0, 0.1) is 0 Å². The van der Waals surface area contributed by atoms with Gasteiger partial charge in [-0.25, -0.2) is 0 Å². The molecule has 1 spiro atoms. The molecule has 208 valence electrons. The van der Waals surface area contributed by atoms with Crippen LogP contribution in [0.15, 0.2) is 164 Å². The van der Waals surface area contributed by atoms with E-state index in [0.717, 1.165) is 0 Å². The first-order chi connectivity index (χ1) is 22.3. The van der Waals surface area contributed by atoms with Gasteiger partial charge in [0.05, 0.1) is 5.41 Å². The molecule has 0 fully saturated rings. The van der Waals surface area contributed by atoms with Gasteiger partial charge in [-0.3, -0.25) is 4.98 Å². The van der Waals surface area contributed by atoms with E-state index in [4.69, 9.17) is 0 Å². The lowest BCUT2D eigenvalue weighted by Crippen LogP contribution is -2.25. The molecule has 1 aromatic heterocycles. The molecule has 7 aromatic carbocycles. The number of fused-ring (bicyclic) bond motifs is 13. The van der Waals surface area contributed by atoms with Gasteiger partial charge in [0.2, 0.25) is 0 Å². The predicted octanol–water partition coefficient (Wildman–Crippen LogP) is 11.1. The van der Waals surface area contributed by atoms with Gasteiger partial charge < -0.3 is 0 Å². The topological polar surface area (TPSA) is 12.9 Å². The summed E-state index contributed by atoms with van der Waals surface area (Å²) in [5, 5.41) is 5.13. The molecular formula is C44H27N. The molecule has 10 rings (SSSR count). The second-order valence-corrected chi connectivity index (χ2v) is 12.3. The Morgan fingerprint density at radius 1 is 0.356 bits per heavy atom. The third-order valence-corrected chi connectivity index (χ3v) is 10.2. The third-order valence-electron chi connectivity index (χ3n) is 10.2. The minimum Gasteiger partial charge on any atom is -0.265 e. The fourth-order valence-electron chi connectivity index (χ4n) is 8.23. The fraction of sp³-hybridized carbons (Fsp3) is 0.0227. The van der Waals surface area contributed by atoms with Crippen LogP contribution in [0.5, 0.6) is 0 Å². The van der Waals surface area contributed by atoms with Crippen molar-refractivity contribution in [2.45, 2.75) is 5.41 Å². The van der Waals surface area contributed by atoms with Gasteiger partial charge in [0.15, 0.2) is 0 Å². The summed E-state index contributed by atoms with van der Waals surface area (Å²) < 4.78 is 0. The van der Waals surface area contributed by atoms with Crippen molar-refractivity contribution in [3.63, 3.8) is 0 Å². The molecule has 45 heavy (non-hydrogen) atoms. The molecule has 0 amide bonds. The molecule has 1 heteroatoms. The number of benzene rings is 7. The van der Waals surface area contributed by atoms with Crippen LogP contribution in [-0.4, -0.2) is 4.98 Å². The fourth-order valence-corrected chi connectivity index (χ4v) is 8.23. The van der Waals surface area contributed by atoms with Gasteiger partial charge in [0, 0.05) is 12.4 Å². The summed E-state index contributed by atoms with van der Waals surface area (Å²) in [5.41, 5.74) is 15.4. The summed E-state index contributed by atoms with van der Waals surface area (Å²) in [5.74, 6) is 0. The van der Waals surface area contributed by atoms with E-state index in [-0.39, 0.29) is 5.41 Å². The van der Waals surface area contributed by atoms with Gasteiger partial charge in [-0.05, 0) is 119 Å². The van der Waals surface area contributed by atoms with E-state index in [1.165, 1.54) is 88.3 Å². The van der Waals surface area contributed by atoms with Crippen molar-refractivity contribution in [1.82, 2.24) is 4.98 Å². The van der Waals surface area contributed by atoms with Crippen LogP contribution in [0.4, 0.5) is 0 Å². The number of rotatable bonds is 2. The molecule has 0 saturated heterocycles. The molecule has 2 aliphatic carbocycles. The van der Waals surface area contributed by atoms with Crippen molar-refractivity contribution in [3.8, 4) is 44.5 Å². The van der Waals surface area contributed by atoms with Crippen LogP contribution in [0.25, 0.3) is 66.1 Å².